The lowest BCUT2D eigenvalue weighted by atomic mass is 10.1. The van der Waals surface area contributed by atoms with Gasteiger partial charge >= 0.3 is 0 Å². The minimum Gasteiger partial charge on any atom is -0.355 e. The molecule has 2 atom stereocenters. The second kappa shape index (κ2) is 10.4. The van der Waals surface area contributed by atoms with E-state index in [1.807, 2.05) is 49.3 Å². The molecule has 1 fully saturated rings. The summed E-state index contributed by atoms with van der Waals surface area (Å²) in [6, 6.07) is 9.90. The summed E-state index contributed by atoms with van der Waals surface area (Å²) in [7, 11) is 3.97. The first-order valence-corrected chi connectivity index (χ1v) is 11.9. The standard InChI is InChI=1S/C23H29BrN8O/c1-31(2)11-10-27-22(33)16-5-6-17(12-16)28-23(25)29-21-14-20(24)30-32(21)18-7-8-19-15(13-18)4-3-9-26-19/h3-4,7-9,13,16-17H,5-6,10-12,14H2,1-2H3,(H2,25,28)(H,27,33)/b29-21+/t16-,17-/m1/s1. The summed E-state index contributed by atoms with van der Waals surface area (Å²) in [5, 5.41) is 21.9. The van der Waals surface area contributed by atoms with Gasteiger partial charge in [0.05, 0.1) is 17.6 Å². The van der Waals surface area contributed by atoms with Crippen LogP contribution in [0.1, 0.15) is 25.7 Å². The zero-order valence-corrected chi connectivity index (χ0v) is 20.5. The first-order valence-electron chi connectivity index (χ1n) is 11.1. The Labute approximate surface area is 202 Å². The van der Waals surface area contributed by atoms with E-state index in [2.05, 4.69) is 41.6 Å². The van der Waals surface area contributed by atoms with Crippen LogP contribution in [0.2, 0.25) is 0 Å². The first kappa shape index (κ1) is 23.3. The molecular weight excluding hydrogens is 484 g/mol. The van der Waals surface area contributed by atoms with Gasteiger partial charge in [-0.25, -0.2) is 5.01 Å². The van der Waals surface area contributed by atoms with Gasteiger partial charge in [-0.3, -0.25) is 15.2 Å². The van der Waals surface area contributed by atoms with Crippen LogP contribution in [-0.4, -0.2) is 65.4 Å². The fourth-order valence-corrected chi connectivity index (χ4v) is 4.56. The number of nitrogens with zero attached hydrogens (tertiary/aromatic N) is 5. The summed E-state index contributed by atoms with van der Waals surface area (Å²) >= 11 is 3.47. The summed E-state index contributed by atoms with van der Waals surface area (Å²) in [5.41, 5.74) is 1.78. The largest absolute Gasteiger partial charge is 0.355 e. The number of pyridine rings is 1. The molecule has 1 aliphatic carbocycles. The van der Waals surface area contributed by atoms with Crippen molar-refractivity contribution >= 4 is 54.8 Å². The fourth-order valence-electron chi connectivity index (χ4n) is 4.15. The van der Waals surface area contributed by atoms with Gasteiger partial charge in [-0.15, -0.1) is 0 Å². The monoisotopic (exact) mass is 512 g/mol. The molecule has 9 nitrogen and oxygen atoms in total. The third kappa shape index (κ3) is 5.94. The van der Waals surface area contributed by atoms with Crippen molar-refractivity contribution in [2.24, 2.45) is 16.0 Å². The number of aliphatic imine (C=N–C) groups is 1. The van der Waals surface area contributed by atoms with E-state index in [0.717, 1.165) is 40.6 Å². The average Bonchev–Trinajstić information content (AvgIpc) is 3.39. The van der Waals surface area contributed by atoms with Gasteiger partial charge in [0, 0.05) is 36.6 Å². The number of fused-ring (bicyclic) bond motifs is 1. The van der Waals surface area contributed by atoms with Crippen molar-refractivity contribution < 1.29 is 4.79 Å². The Kier molecular flexibility index (Phi) is 7.34. The van der Waals surface area contributed by atoms with E-state index in [0.29, 0.717) is 25.2 Å². The Bertz CT molecular complexity index is 1100. The molecule has 0 saturated heterocycles. The van der Waals surface area contributed by atoms with E-state index in [1.54, 1.807) is 11.2 Å². The van der Waals surface area contributed by atoms with Gasteiger partial charge in [-0.2, -0.15) is 10.1 Å². The summed E-state index contributed by atoms with van der Waals surface area (Å²) in [6.07, 6.45) is 4.66. The lowest BCUT2D eigenvalue weighted by Crippen LogP contribution is -2.36. The number of benzene rings is 1. The van der Waals surface area contributed by atoms with Gasteiger partial charge in [-0.05, 0) is 73.6 Å². The van der Waals surface area contributed by atoms with Crippen LogP contribution in [-0.2, 0) is 4.79 Å². The van der Waals surface area contributed by atoms with Crippen molar-refractivity contribution in [2.45, 2.75) is 31.7 Å². The maximum absolute atomic E-state index is 12.4. The van der Waals surface area contributed by atoms with Gasteiger partial charge in [0.15, 0.2) is 0 Å². The highest BCUT2D eigenvalue weighted by Crippen LogP contribution is 2.27. The quantitative estimate of drug-likeness (QED) is 0.407. The number of aromatic nitrogens is 1. The number of halogens is 1. The molecule has 33 heavy (non-hydrogen) atoms. The molecule has 174 valence electrons. The van der Waals surface area contributed by atoms with Crippen molar-refractivity contribution in [3.05, 3.63) is 36.5 Å². The van der Waals surface area contributed by atoms with Crippen molar-refractivity contribution in [1.82, 2.24) is 20.5 Å². The van der Waals surface area contributed by atoms with Gasteiger partial charge < -0.3 is 15.5 Å². The SMILES string of the molecule is CN(C)CCNC(=O)[C@@H]1CC[C@@H](NC(=N)/N=C2\CC(Br)=NN2c2ccc3ncccc3c2)C1. The normalized spacial score (nSPS) is 21.6. The Morgan fingerprint density at radius 3 is 3.00 bits per heavy atom. The number of hydrogen-bond acceptors (Lipinski definition) is 5. The van der Waals surface area contributed by atoms with Crippen LogP contribution < -0.4 is 15.6 Å². The van der Waals surface area contributed by atoms with Crippen molar-refractivity contribution in [1.29, 1.82) is 5.41 Å². The van der Waals surface area contributed by atoms with E-state index < -0.39 is 0 Å². The predicted molar refractivity (Wildman–Crippen MR) is 136 cm³/mol. The molecule has 1 aromatic heterocycles. The van der Waals surface area contributed by atoms with Gasteiger partial charge in [-0.1, -0.05) is 6.07 Å². The van der Waals surface area contributed by atoms with Gasteiger partial charge in [0.25, 0.3) is 0 Å². The first-order chi connectivity index (χ1) is 15.9. The Morgan fingerprint density at radius 2 is 2.18 bits per heavy atom. The number of hydrogen-bond donors (Lipinski definition) is 3. The maximum Gasteiger partial charge on any atom is 0.223 e. The third-order valence-corrected chi connectivity index (χ3v) is 6.27. The number of carbonyl (C=O) groups is 1. The highest BCUT2D eigenvalue weighted by Gasteiger charge is 2.30. The van der Waals surface area contributed by atoms with E-state index in [1.165, 1.54) is 0 Å². The Balaban J connectivity index is 1.37. The molecule has 1 aliphatic heterocycles. The number of hydrazone groups is 1. The minimum atomic E-state index is -0.0169. The molecule has 0 radical (unpaired) electrons. The molecule has 0 unspecified atom stereocenters. The van der Waals surface area contributed by atoms with Crippen LogP contribution in [0.5, 0.6) is 0 Å². The third-order valence-electron chi connectivity index (χ3n) is 5.83. The van der Waals surface area contributed by atoms with Gasteiger partial charge in [0.1, 0.15) is 10.5 Å². The molecule has 2 heterocycles. The molecule has 1 amide bonds. The molecule has 2 aromatic rings. The van der Waals surface area contributed by atoms with Crippen LogP contribution in [0.3, 0.4) is 0 Å². The summed E-state index contributed by atoms with van der Waals surface area (Å²) < 4.78 is 0.760. The second-order valence-corrected chi connectivity index (χ2v) is 9.58. The molecule has 2 aliphatic rings. The lowest BCUT2D eigenvalue weighted by Gasteiger charge is -2.17. The topological polar surface area (TPSA) is 109 Å². The van der Waals surface area contributed by atoms with Crippen molar-refractivity contribution in [2.75, 3.05) is 32.2 Å². The number of likely N-dealkylation sites (N-methyl/N-ethyl adjacent to an activating group) is 1. The number of amides is 1. The molecule has 0 spiro atoms. The number of carbonyl (C=O) groups excluding carboxylic acids is 1. The summed E-state index contributed by atoms with van der Waals surface area (Å²) in [5.74, 6) is 0.841. The zero-order valence-electron chi connectivity index (χ0n) is 18.9. The van der Waals surface area contributed by atoms with Crippen molar-refractivity contribution in [3.63, 3.8) is 0 Å². The zero-order chi connectivity index (χ0) is 23.4. The summed E-state index contributed by atoms with van der Waals surface area (Å²) in [6.45, 7) is 1.48. The van der Waals surface area contributed by atoms with Crippen LogP contribution in [0.4, 0.5) is 5.69 Å². The van der Waals surface area contributed by atoms with E-state index in [9.17, 15) is 4.79 Å². The molecule has 3 N–H and O–H groups in total. The van der Waals surface area contributed by atoms with Crippen molar-refractivity contribution in [3.8, 4) is 0 Å². The van der Waals surface area contributed by atoms with Gasteiger partial charge in [0.2, 0.25) is 11.9 Å². The molecule has 0 bridgehead atoms. The summed E-state index contributed by atoms with van der Waals surface area (Å²) in [4.78, 5) is 23.3. The minimum absolute atomic E-state index is 0.0169. The number of amidine groups is 1. The molecule has 1 saturated carbocycles. The van der Waals surface area contributed by atoms with E-state index in [-0.39, 0.29) is 23.8 Å². The number of guanidine groups is 1. The Hall–Kier alpha value is -2.85. The highest BCUT2D eigenvalue weighted by molar-refractivity contribution is 9.18. The number of anilines is 1. The Morgan fingerprint density at radius 1 is 1.33 bits per heavy atom. The van der Waals surface area contributed by atoms with Crippen LogP contribution in [0, 0.1) is 11.3 Å². The smallest absolute Gasteiger partial charge is 0.223 e. The van der Waals surface area contributed by atoms with Crippen LogP contribution in [0.25, 0.3) is 10.9 Å². The number of nitrogens with one attached hydrogen (secondary N) is 3. The molecular formula is C23H29BrN8O. The predicted octanol–water partition coefficient (Wildman–Crippen LogP) is 2.92. The lowest BCUT2D eigenvalue weighted by molar-refractivity contribution is -0.124. The molecule has 1 aromatic carbocycles. The molecule has 10 heteroatoms. The highest BCUT2D eigenvalue weighted by atomic mass is 79.9. The van der Waals surface area contributed by atoms with Crippen LogP contribution in [0.15, 0.2) is 46.6 Å². The second-order valence-electron chi connectivity index (χ2n) is 8.67. The van der Waals surface area contributed by atoms with E-state index in [4.69, 9.17) is 5.41 Å². The molecule has 4 rings (SSSR count). The number of rotatable bonds is 6. The maximum atomic E-state index is 12.4. The van der Waals surface area contributed by atoms with E-state index >= 15 is 0 Å². The van der Waals surface area contributed by atoms with Crippen LogP contribution >= 0.6 is 15.9 Å². The average molecular weight is 513 g/mol. The fraction of sp³-hybridized carbons (Fsp3) is 0.435.